The molecule has 8 bridgehead atoms. The van der Waals surface area contributed by atoms with Gasteiger partial charge >= 0.3 is 0 Å². The van der Waals surface area contributed by atoms with E-state index in [1.54, 1.807) is 10.6 Å². The summed E-state index contributed by atoms with van der Waals surface area (Å²) in [5.74, 6) is -5.14. The Balaban J connectivity index is 1.47. The number of hydrogen-bond acceptors (Lipinski definition) is 7. The van der Waals surface area contributed by atoms with Crippen LogP contribution in [0.3, 0.4) is 0 Å². The highest BCUT2D eigenvalue weighted by Crippen LogP contribution is 2.39. The lowest BCUT2D eigenvalue weighted by atomic mass is 9.88. The highest BCUT2D eigenvalue weighted by atomic mass is 32.2. The number of rotatable bonds is 1. The fourth-order valence-corrected chi connectivity index (χ4v) is 8.58. The fourth-order valence-electron chi connectivity index (χ4n) is 7.09. The van der Waals surface area contributed by atoms with Crippen LogP contribution in [-0.4, -0.2) is 59.0 Å². The van der Waals surface area contributed by atoms with Gasteiger partial charge in [0.1, 0.15) is 33.4 Å². The molecule has 0 aliphatic carbocycles. The summed E-state index contributed by atoms with van der Waals surface area (Å²) < 4.78 is 98.3. The summed E-state index contributed by atoms with van der Waals surface area (Å²) in [6.07, 6.45) is 5.37. The highest BCUT2D eigenvalue weighted by molar-refractivity contribution is 7.91. The Hall–Kier alpha value is -2.99. The van der Waals surface area contributed by atoms with Gasteiger partial charge in [0.15, 0.2) is 0 Å². The summed E-state index contributed by atoms with van der Waals surface area (Å²) in [5.41, 5.74) is -0.929. The first-order valence-electron chi connectivity index (χ1n) is 17.5. The highest BCUT2D eigenvalue weighted by Gasteiger charge is 2.37. The number of benzene rings is 1. The predicted octanol–water partition coefficient (Wildman–Crippen LogP) is 6.16. The Labute approximate surface area is 266 Å². The smallest absolute Gasteiger partial charge is 0.276 e. The second-order valence-corrected chi connectivity index (χ2v) is 15.1. The molecule has 1 atom stereocenters. The number of halogens is 3. The second-order valence-electron chi connectivity index (χ2n) is 12.8. The molecular weight excluding hydrogens is 603 g/mol. The quantitative estimate of drug-likeness (QED) is 0.338. The Morgan fingerprint density at radius 3 is 2.49 bits per heavy atom. The molecule has 4 aliphatic heterocycles. The lowest BCUT2D eigenvalue weighted by Crippen LogP contribution is -2.35. The maximum Gasteiger partial charge on any atom is 0.276 e. The maximum absolute atomic E-state index is 16.1. The van der Waals surface area contributed by atoms with Crippen molar-refractivity contribution in [1.29, 1.82) is 0 Å². The van der Waals surface area contributed by atoms with E-state index in [0.29, 0.717) is 23.9 Å². The van der Waals surface area contributed by atoms with Crippen LogP contribution in [0.15, 0.2) is 35.4 Å². The summed E-state index contributed by atoms with van der Waals surface area (Å²) in [6, 6.07) is 3.28. The molecular formula is C33H42F3N5O3S. The number of aryl methyl sites for hydroxylation is 1. The zero-order valence-corrected chi connectivity index (χ0v) is 26.1. The molecule has 2 aromatic heterocycles. The van der Waals surface area contributed by atoms with Crippen LogP contribution < -0.4 is 10.9 Å². The molecule has 0 amide bonds. The molecule has 7 rings (SSSR count). The van der Waals surface area contributed by atoms with Gasteiger partial charge in [-0.05, 0) is 89.3 Å². The minimum Gasteiger partial charge on any atom is -0.363 e. The first-order valence-corrected chi connectivity index (χ1v) is 17.8. The van der Waals surface area contributed by atoms with Crippen molar-refractivity contribution in [1.82, 2.24) is 19.4 Å². The van der Waals surface area contributed by atoms with Crippen molar-refractivity contribution in [3.63, 3.8) is 0 Å². The average molecular weight is 649 g/mol. The molecule has 0 unspecified atom stereocenters. The molecule has 2 fully saturated rings. The molecule has 4 aliphatic rings. The van der Waals surface area contributed by atoms with Crippen LogP contribution in [-0.2, 0) is 22.3 Å². The fraction of sp³-hybridized carbons (Fsp3) is 0.606. The van der Waals surface area contributed by atoms with Gasteiger partial charge in [0.25, 0.3) is 11.5 Å². The van der Waals surface area contributed by atoms with E-state index in [9.17, 15) is 13.2 Å². The number of nitrogens with zero attached hydrogens (tertiary/aromatic N) is 4. The summed E-state index contributed by atoms with van der Waals surface area (Å²) >= 11 is 0. The Morgan fingerprint density at radius 2 is 1.73 bits per heavy atom. The van der Waals surface area contributed by atoms with Crippen molar-refractivity contribution in [3.05, 3.63) is 63.5 Å². The number of alkyl halides is 2. The molecule has 0 saturated carbocycles. The summed E-state index contributed by atoms with van der Waals surface area (Å²) in [4.78, 5) is 25.0. The number of fused-ring (bicyclic) bond motifs is 9. The van der Waals surface area contributed by atoms with Crippen molar-refractivity contribution in [3.8, 4) is 0 Å². The third kappa shape index (κ3) is 6.91. The minimum atomic E-state index is -3.50. The van der Waals surface area contributed by atoms with Crippen LogP contribution in [0.5, 0.6) is 0 Å². The molecule has 6 heterocycles. The van der Waals surface area contributed by atoms with Gasteiger partial charge < -0.3 is 10.2 Å². The van der Waals surface area contributed by atoms with E-state index in [1.807, 2.05) is 0 Å². The van der Waals surface area contributed by atoms with Crippen molar-refractivity contribution in [2.75, 3.05) is 36.5 Å². The number of aromatic nitrogens is 3. The van der Waals surface area contributed by atoms with Gasteiger partial charge in [-0.3, -0.25) is 9.36 Å². The summed E-state index contributed by atoms with van der Waals surface area (Å²) in [6.45, 7) is -0.0881. The first kappa shape index (κ1) is 28.3. The van der Waals surface area contributed by atoms with Crippen LogP contribution >= 0.6 is 0 Å². The Bertz CT molecular complexity index is 1800. The topological polar surface area (TPSA) is 97.2 Å². The summed E-state index contributed by atoms with van der Waals surface area (Å²) in [7, 11) is -3.21. The lowest BCUT2D eigenvalue weighted by Gasteiger charge is -2.32. The number of anilines is 1. The van der Waals surface area contributed by atoms with Crippen LogP contribution in [0.4, 0.5) is 19.0 Å². The molecule has 12 heteroatoms. The standard InChI is InChI=1S/C33H42F3N5O3S/c1-22-25-6-5-7-28(29(25)34)33(35,36)13-8-23-9-16-40(17-10-23)14-3-2-4-15-41-31-27(30(39-22)37-21-38-31)20-26(32(41)42)24-11-18-45(43,44)19-12-24/h5-7,20-24H,2-4,8-19H2,1H3,(H,37,38,39)/t22-/m1/s1/i1D3. The number of pyridine rings is 1. The third-order valence-electron chi connectivity index (χ3n) is 9.85. The molecule has 244 valence electrons. The number of sulfone groups is 1. The molecule has 0 spiro atoms. The normalized spacial score (nSPS) is 27.5. The van der Waals surface area contributed by atoms with E-state index < -0.39 is 52.0 Å². The SMILES string of the molecule is [2H]C([2H])([2H])[C@H]1Nc2ncnc3c2cc(C2CCS(=O)(=O)CC2)c(=O)n3CCCCCN2CCC(CC2)CCC(F)(F)c2cccc1c2F. The van der Waals surface area contributed by atoms with E-state index in [0.717, 1.165) is 51.4 Å². The van der Waals surface area contributed by atoms with Gasteiger partial charge in [-0.1, -0.05) is 24.6 Å². The van der Waals surface area contributed by atoms with Gasteiger partial charge in [0, 0.05) is 28.2 Å². The van der Waals surface area contributed by atoms with E-state index >= 15 is 13.2 Å². The van der Waals surface area contributed by atoms with Crippen molar-refractivity contribution >= 4 is 26.7 Å². The number of nitrogens with one attached hydrogen (secondary N) is 1. The minimum absolute atomic E-state index is 0.00591. The molecule has 2 saturated heterocycles. The second kappa shape index (κ2) is 13.0. The predicted molar refractivity (Wildman–Crippen MR) is 169 cm³/mol. The molecule has 1 aromatic carbocycles. The first-order chi connectivity index (χ1) is 22.7. The number of piperidine rings is 1. The third-order valence-corrected chi connectivity index (χ3v) is 11.6. The Kier molecular flexibility index (Phi) is 8.17. The molecule has 45 heavy (non-hydrogen) atoms. The van der Waals surface area contributed by atoms with Gasteiger partial charge in [-0.15, -0.1) is 0 Å². The number of hydrogen-bond donors (Lipinski definition) is 1. The monoisotopic (exact) mass is 648 g/mol. The lowest BCUT2D eigenvalue weighted by molar-refractivity contribution is -0.0249. The van der Waals surface area contributed by atoms with E-state index in [1.165, 1.54) is 18.5 Å². The van der Waals surface area contributed by atoms with Gasteiger partial charge in [0.2, 0.25) is 0 Å². The molecule has 1 N–H and O–H groups in total. The van der Waals surface area contributed by atoms with Crippen LogP contribution in [0, 0.1) is 11.7 Å². The van der Waals surface area contributed by atoms with E-state index in [-0.39, 0.29) is 59.6 Å². The largest absolute Gasteiger partial charge is 0.363 e. The van der Waals surface area contributed by atoms with Crippen LogP contribution in [0.2, 0.25) is 0 Å². The maximum atomic E-state index is 16.1. The average Bonchev–Trinajstić information content (AvgIpc) is 3.03. The Morgan fingerprint density at radius 1 is 0.978 bits per heavy atom. The zero-order valence-electron chi connectivity index (χ0n) is 28.3. The van der Waals surface area contributed by atoms with Gasteiger partial charge in [-0.25, -0.2) is 31.6 Å². The van der Waals surface area contributed by atoms with Gasteiger partial charge in [0.05, 0.1) is 28.5 Å². The summed E-state index contributed by atoms with van der Waals surface area (Å²) in [5, 5.41) is 3.14. The van der Waals surface area contributed by atoms with Crippen molar-refractivity contribution in [2.24, 2.45) is 5.92 Å². The molecule has 0 radical (unpaired) electrons. The van der Waals surface area contributed by atoms with E-state index in [2.05, 4.69) is 20.2 Å². The van der Waals surface area contributed by atoms with Crippen molar-refractivity contribution in [2.45, 2.75) is 89.1 Å². The van der Waals surface area contributed by atoms with Gasteiger partial charge in [-0.2, -0.15) is 0 Å². The zero-order chi connectivity index (χ0) is 34.3. The van der Waals surface area contributed by atoms with Crippen LogP contribution in [0.25, 0.3) is 11.0 Å². The molecule has 8 nitrogen and oxygen atoms in total. The van der Waals surface area contributed by atoms with E-state index in [4.69, 9.17) is 4.11 Å². The molecule has 3 aromatic rings. The van der Waals surface area contributed by atoms with Crippen molar-refractivity contribution < 1.29 is 25.7 Å². The van der Waals surface area contributed by atoms with Crippen LogP contribution in [0.1, 0.15) is 97.4 Å².